The number of hydrogen-bond donors (Lipinski definition) is 2. The molecule has 0 bridgehead atoms. The first-order valence-electron chi connectivity index (χ1n) is 9.91. The number of morpholine rings is 1. The third-order valence-corrected chi connectivity index (χ3v) is 4.90. The fraction of sp³-hybridized carbons (Fsp3) is 0.667. The first-order valence-corrected chi connectivity index (χ1v) is 9.91. The van der Waals surface area contributed by atoms with Gasteiger partial charge < -0.3 is 15.4 Å². The lowest BCUT2D eigenvalue weighted by atomic mass is 9.82. The maximum Gasteiger partial charge on any atom is 0.191 e. The van der Waals surface area contributed by atoms with Gasteiger partial charge in [0.1, 0.15) is 0 Å². The Bertz CT molecular complexity index is 571. The van der Waals surface area contributed by atoms with Gasteiger partial charge in [0.2, 0.25) is 0 Å². The average molecular weight is 488 g/mol. The van der Waals surface area contributed by atoms with Gasteiger partial charge in [-0.2, -0.15) is 0 Å². The Balaban J connectivity index is 0.00000364. The Morgan fingerprint density at radius 3 is 2.56 bits per heavy atom. The number of aryl methyl sites for hydroxylation is 1. The van der Waals surface area contributed by atoms with Crippen molar-refractivity contribution < 1.29 is 4.74 Å². The standard InChI is InChI=1S/C21H36N4O.HI/c1-5-22-20(23-11-8-12-25-13-15-26-16-14-25)24-17-21(3,4)19-10-7-6-9-18(19)2;/h6-7,9-10H,5,8,11-17H2,1-4H3,(H2,22,23,24);1H. The summed E-state index contributed by atoms with van der Waals surface area (Å²) >= 11 is 0. The van der Waals surface area contributed by atoms with E-state index in [-0.39, 0.29) is 29.4 Å². The Morgan fingerprint density at radius 1 is 1.19 bits per heavy atom. The fourth-order valence-corrected chi connectivity index (χ4v) is 3.37. The van der Waals surface area contributed by atoms with Gasteiger partial charge in [-0.1, -0.05) is 38.1 Å². The van der Waals surface area contributed by atoms with Crippen LogP contribution in [0.3, 0.4) is 0 Å². The highest BCUT2D eigenvalue weighted by Gasteiger charge is 2.22. The van der Waals surface area contributed by atoms with E-state index in [1.807, 2.05) is 0 Å². The molecule has 2 N–H and O–H groups in total. The van der Waals surface area contributed by atoms with E-state index in [4.69, 9.17) is 9.73 Å². The maximum atomic E-state index is 5.40. The summed E-state index contributed by atoms with van der Waals surface area (Å²) in [5.41, 5.74) is 2.71. The summed E-state index contributed by atoms with van der Waals surface area (Å²) in [6.45, 7) is 16.3. The molecule has 27 heavy (non-hydrogen) atoms. The quantitative estimate of drug-likeness (QED) is 0.256. The zero-order chi connectivity index (χ0) is 18.8. The zero-order valence-electron chi connectivity index (χ0n) is 17.4. The molecule has 0 aromatic heterocycles. The Kier molecular flexibility index (Phi) is 11.3. The molecular formula is C21H37IN4O. The smallest absolute Gasteiger partial charge is 0.191 e. The lowest BCUT2D eigenvalue weighted by Crippen LogP contribution is -2.41. The van der Waals surface area contributed by atoms with E-state index in [1.165, 1.54) is 11.1 Å². The van der Waals surface area contributed by atoms with Gasteiger partial charge in [-0.05, 0) is 37.9 Å². The third-order valence-electron chi connectivity index (χ3n) is 4.90. The molecule has 0 radical (unpaired) electrons. The SMILES string of the molecule is CCNC(=NCC(C)(C)c1ccccc1C)NCCCN1CCOCC1.I. The van der Waals surface area contributed by atoms with E-state index in [9.17, 15) is 0 Å². The van der Waals surface area contributed by atoms with Gasteiger partial charge >= 0.3 is 0 Å². The molecule has 1 aliphatic heterocycles. The molecule has 1 heterocycles. The first-order chi connectivity index (χ1) is 12.5. The molecule has 0 atom stereocenters. The monoisotopic (exact) mass is 488 g/mol. The van der Waals surface area contributed by atoms with Gasteiger partial charge in [0.05, 0.1) is 19.8 Å². The van der Waals surface area contributed by atoms with Crippen molar-refractivity contribution >= 4 is 29.9 Å². The second-order valence-corrected chi connectivity index (χ2v) is 7.63. The fourth-order valence-electron chi connectivity index (χ4n) is 3.37. The van der Waals surface area contributed by atoms with E-state index in [1.54, 1.807) is 0 Å². The summed E-state index contributed by atoms with van der Waals surface area (Å²) in [4.78, 5) is 7.32. The van der Waals surface area contributed by atoms with Crippen molar-refractivity contribution in [2.24, 2.45) is 4.99 Å². The van der Waals surface area contributed by atoms with Crippen LogP contribution in [-0.2, 0) is 10.2 Å². The van der Waals surface area contributed by atoms with Crippen molar-refractivity contribution in [3.63, 3.8) is 0 Å². The molecule has 0 amide bonds. The summed E-state index contributed by atoms with van der Waals surface area (Å²) in [5.74, 6) is 0.913. The summed E-state index contributed by atoms with van der Waals surface area (Å²) in [6.07, 6.45) is 1.12. The minimum Gasteiger partial charge on any atom is -0.379 e. The van der Waals surface area contributed by atoms with Crippen molar-refractivity contribution in [1.82, 2.24) is 15.5 Å². The van der Waals surface area contributed by atoms with Crippen LogP contribution >= 0.6 is 24.0 Å². The predicted molar refractivity (Wildman–Crippen MR) is 125 cm³/mol. The first kappa shape index (κ1) is 24.2. The van der Waals surface area contributed by atoms with Crippen molar-refractivity contribution in [1.29, 1.82) is 0 Å². The van der Waals surface area contributed by atoms with Gasteiger partial charge in [-0.25, -0.2) is 0 Å². The molecule has 154 valence electrons. The number of aliphatic imine (C=N–C) groups is 1. The molecule has 0 saturated carbocycles. The summed E-state index contributed by atoms with van der Waals surface area (Å²) in [5, 5.41) is 6.84. The topological polar surface area (TPSA) is 48.9 Å². The van der Waals surface area contributed by atoms with Gasteiger partial charge in [0, 0.05) is 31.6 Å². The van der Waals surface area contributed by atoms with Crippen LogP contribution in [0.25, 0.3) is 0 Å². The van der Waals surface area contributed by atoms with E-state index >= 15 is 0 Å². The van der Waals surface area contributed by atoms with Crippen molar-refractivity contribution in [3.05, 3.63) is 35.4 Å². The lowest BCUT2D eigenvalue weighted by molar-refractivity contribution is 0.0376. The number of halogens is 1. The van der Waals surface area contributed by atoms with Crippen LogP contribution in [0.15, 0.2) is 29.3 Å². The van der Waals surface area contributed by atoms with Crippen molar-refractivity contribution in [3.8, 4) is 0 Å². The number of benzene rings is 1. The van der Waals surface area contributed by atoms with E-state index < -0.39 is 0 Å². The van der Waals surface area contributed by atoms with Crippen LogP contribution in [0.2, 0.25) is 0 Å². The second-order valence-electron chi connectivity index (χ2n) is 7.63. The number of rotatable bonds is 8. The molecule has 0 spiro atoms. The molecule has 1 saturated heterocycles. The minimum atomic E-state index is 0. The zero-order valence-corrected chi connectivity index (χ0v) is 19.7. The molecule has 1 aromatic carbocycles. The largest absolute Gasteiger partial charge is 0.379 e. The molecule has 0 unspecified atom stereocenters. The van der Waals surface area contributed by atoms with E-state index in [0.29, 0.717) is 0 Å². The van der Waals surface area contributed by atoms with Crippen LogP contribution in [-0.4, -0.2) is 63.3 Å². The maximum absolute atomic E-state index is 5.40. The number of nitrogens with zero attached hydrogens (tertiary/aromatic N) is 2. The van der Waals surface area contributed by atoms with Crippen LogP contribution in [0.1, 0.15) is 38.3 Å². The van der Waals surface area contributed by atoms with Gasteiger partial charge in [-0.15, -0.1) is 24.0 Å². The molecule has 5 nitrogen and oxygen atoms in total. The Hall–Kier alpha value is -0.860. The number of hydrogen-bond acceptors (Lipinski definition) is 3. The third kappa shape index (κ3) is 8.35. The lowest BCUT2D eigenvalue weighted by Gasteiger charge is -2.27. The van der Waals surface area contributed by atoms with Crippen molar-refractivity contribution in [2.75, 3.05) is 52.5 Å². The van der Waals surface area contributed by atoms with Crippen molar-refractivity contribution in [2.45, 2.75) is 39.5 Å². The van der Waals surface area contributed by atoms with E-state index in [0.717, 1.165) is 64.9 Å². The second kappa shape index (κ2) is 12.6. The van der Waals surface area contributed by atoms with Crippen LogP contribution in [0, 0.1) is 6.92 Å². The molecule has 1 aliphatic rings. The van der Waals surface area contributed by atoms with Crippen LogP contribution in [0.4, 0.5) is 0 Å². The Morgan fingerprint density at radius 2 is 1.89 bits per heavy atom. The predicted octanol–water partition coefficient (Wildman–Crippen LogP) is 3.17. The molecule has 1 fully saturated rings. The molecule has 0 aliphatic carbocycles. The number of guanidine groups is 1. The highest BCUT2D eigenvalue weighted by molar-refractivity contribution is 14.0. The average Bonchev–Trinajstić information content (AvgIpc) is 2.64. The van der Waals surface area contributed by atoms with Gasteiger partial charge in [0.15, 0.2) is 5.96 Å². The van der Waals surface area contributed by atoms with Crippen LogP contribution in [0.5, 0.6) is 0 Å². The minimum absolute atomic E-state index is 0. The van der Waals surface area contributed by atoms with Gasteiger partial charge in [0.25, 0.3) is 0 Å². The molecule has 6 heteroatoms. The highest BCUT2D eigenvalue weighted by Crippen LogP contribution is 2.26. The van der Waals surface area contributed by atoms with Crippen LogP contribution < -0.4 is 10.6 Å². The summed E-state index contributed by atoms with van der Waals surface area (Å²) < 4.78 is 5.40. The summed E-state index contributed by atoms with van der Waals surface area (Å²) in [6, 6.07) is 8.60. The number of ether oxygens (including phenoxy) is 1. The summed E-state index contributed by atoms with van der Waals surface area (Å²) in [7, 11) is 0. The number of nitrogens with one attached hydrogen (secondary N) is 2. The molecular weight excluding hydrogens is 451 g/mol. The Labute approximate surface area is 182 Å². The molecule has 1 aromatic rings. The normalized spacial score (nSPS) is 15.9. The van der Waals surface area contributed by atoms with Gasteiger partial charge in [-0.3, -0.25) is 9.89 Å². The highest BCUT2D eigenvalue weighted by atomic mass is 127. The van der Waals surface area contributed by atoms with E-state index in [2.05, 4.69) is 67.5 Å². The molecule has 2 rings (SSSR count).